The lowest BCUT2D eigenvalue weighted by Gasteiger charge is -2.37. The van der Waals surface area contributed by atoms with Gasteiger partial charge in [-0.1, -0.05) is 0 Å². The second kappa shape index (κ2) is 5.02. The third-order valence-corrected chi connectivity index (χ3v) is 4.09. The predicted octanol–water partition coefficient (Wildman–Crippen LogP) is 1.28. The normalized spacial score (nSPS) is 23.0. The van der Waals surface area contributed by atoms with Crippen LogP contribution in [0.1, 0.15) is 29.1 Å². The monoisotopic (exact) mass is 340 g/mol. The van der Waals surface area contributed by atoms with Gasteiger partial charge in [0.05, 0.1) is 23.5 Å². The molecule has 1 fully saturated rings. The van der Waals surface area contributed by atoms with E-state index in [4.69, 9.17) is 4.42 Å². The number of aromatic amines is 1. The number of piperidine rings is 1. The highest BCUT2D eigenvalue weighted by Crippen LogP contribution is 2.31. The highest BCUT2D eigenvalue weighted by atomic mass is 79.9. The van der Waals surface area contributed by atoms with Crippen molar-refractivity contribution in [3.05, 3.63) is 34.5 Å². The summed E-state index contributed by atoms with van der Waals surface area (Å²) < 4.78 is 5.79. The molecule has 0 radical (unpaired) electrons. The number of nitrogens with zero attached hydrogens (tertiary/aromatic N) is 3. The van der Waals surface area contributed by atoms with Crippen LogP contribution >= 0.6 is 15.9 Å². The first-order valence-corrected chi connectivity index (χ1v) is 7.00. The van der Waals surface area contributed by atoms with Gasteiger partial charge in [0.15, 0.2) is 0 Å². The molecule has 1 aliphatic heterocycles. The number of amides is 1. The van der Waals surface area contributed by atoms with E-state index in [1.165, 1.54) is 12.5 Å². The van der Waals surface area contributed by atoms with Gasteiger partial charge in [0.2, 0.25) is 5.76 Å². The van der Waals surface area contributed by atoms with Gasteiger partial charge in [-0.2, -0.15) is 15.4 Å². The Morgan fingerprint density at radius 2 is 2.45 bits per heavy atom. The molecule has 1 unspecified atom stereocenters. The van der Waals surface area contributed by atoms with Gasteiger partial charge in [-0.05, 0) is 34.8 Å². The zero-order valence-corrected chi connectivity index (χ0v) is 12.1. The molecule has 3 rings (SSSR count). The molecule has 0 aliphatic carbocycles. The molecule has 8 heteroatoms. The van der Waals surface area contributed by atoms with Gasteiger partial charge in [0, 0.05) is 6.54 Å². The number of hydrogen-bond donors (Lipinski definition) is 2. The fourth-order valence-electron chi connectivity index (χ4n) is 2.43. The number of nitrogens with one attached hydrogen (secondary N) is 1. The number of rotatable bonds is 2. The Kier molecular flexibility index (Phi) is 3.35. The van der Waals surface area contributed by atoms with Gasteiger partial charge in [-0.3, -0.25) is 4.79 Å². The smallest absolute Gasteiger partial charge is 0.290 e. The predicted molar refractivity (Wildman–Crippen MR) is 71.8 cm³/mol. The molecule has 7 nitrogen and oxygen atoms in total. The summed E-state index contributed by atoms with van der Waals surface area (Å²) in [6.07, 6.45) is 4.16. The summed E-state index contributed by atoms with van der Waals surface area (Å²) in [4.78, 5) is 14.0. The molecule has 0 spiro atoms. The lowest BCUT2D eigenvalue weighted by molar-refractivity contribution is -0.0328. The topological polar surface area (TPSA) is 95.3 Å². The van der Waals surface area contributed by atoms with Crippen molar-refractivity contribution in [2.75, 3.05) is 13.1 Å². The Balaban J connectivity index is 1.82. The van der Waals surface area contributed by atoms with Crippen molar-refractivity contribution in [1.82, 2.24) is 20.3 Å². The maximum atomic E-state index is 12.4. The van der Waals surface area contributed by atoms with Gasteiger partial charge in [0.25, 0.3) is 5.91 Å². The summed E-state index contributed by atoms with van der Waals surface area (Å²) in [6.45, 7) is 0.748. The van der Waals surface area contributed by atoms with Crippen molar-refractivity contribution in [2.24, 2.45) is 0 Å². The largest absolute Gasteiger partial charge is 0.458 e. The SMILES string of the molecule is O=C(c1occc1Br)N1CCCC(O)(c2cn[nH]n2)C1. The second-order valence-corrected chi connectivity index (χ2v) is 5.67. The number of carbonyl (C=O) groups is 1. The highest BCUT2D eigenvalue weighted by Gasteiger charge is 2.39. The molecule has 1 aliphatic rings. The number of hydrogen-bond acceptors (Lipinski definition) is 5. The molecule has 2 aromatic heterocycles. The van der Waals surface area contributed by atoms with E-state index in [0.717, 1.165) is 0 Å². The average Bonchev–Trinajstić information content (AvgIpc) is 3.09. The van der Waals surface area contributed by atoms with Crippen LogP contribution in [0.15, 0.2) is 27.4 Å². The first kappa shape index (κ1) is 13.3. The molecular weight excluding hydrogens is 328 g/mol. The molecule has 2 aromatic rings. The van der Waals surface area contributed by atoms with E-state index in [-0.39, 0.29) is 18.2 Å². The van der Waals surface area contributed by atoms with E-state index in [1.807, 2.05) is 0 Å². The van der Waals surface area contributed by atoms with Gasteiger partial charge in [-0.15, -0.1) is 0 Å². The number of halogens is 1. The number of furan rings is 1. The summed E-state index contributed by atoms with van der Waals surface area (Å²) in [5, 5.41) is 20.8. The summed E-state index contributed by atoms with van der Waals surface area (Å²) in [5.74, 6) is -0.00195. The van der Waals surface area contributed by atoms with E-state index in [0.29, 0.717) is 29.6 Å². The van der Waals surface area contributed by atoms with Crippen LogP contribution in [0.3, 0.4) is 0 Å². The maximum absolute atomic E-state index is 12.4. The van der Waals surface area contributed by atoms with Crippen molar-refractivity contribution >= 4 is 21.8 Å². The van der Waals surface area contributed by atoms with Gasteiger partial charge in [-0.25, -0.2) is 0 Å². The first-order chi connectivity index (χ1) is 9.60. The zero-order valence-electron chi connectivity index (χ0n) is 10.5. The first-order valence-electron chi connectivity index (χ1n) is 6.21. The van der Waals surface area contributed by atoms with Crippen molar-refractivity contribution in [2.45, 2.75) is 18.4 Å². The Bertz CT molecular complexity index is 612. The third-order valence-electron chi connectivity index (χ3n) is 3.46. The van der Waals surface area contributed by atoms with Crippen LogP contribution in [-0.2, 0) is 5.60 Å². The minimum atomic E-state index is -1.17. The fraction of sp³-hybridized carbons (Fsp3) is 0.417. The molecule has 2 N–H and O–H groups in total. The lowest BCUT2D eigenvalue weighted by Crippen LogP contribution is -2.48. The number of H-pyrrole nitrogens is 1. The molecule has 1 saturated heterocycles. The molecule has 0 bridgehead atoms. The van der Waals surface area contributed by atoms with Crippen molar-refractivity contribution < 1.29 is 14.3 Å². The van der Waals surface area contributed by atoms with Crippen LogP contribution < -0.4 is 0 Å². The van der Waals surface area contributed by atoms with Crippen molar-refractivity contribution in [3.63, 3.8) is 0 Å². The maximum Gasteiger partial charge on any atom is 0.290 e. The van der Waals surface area contributed by atoms with Crippen LogP contribution in [-0.4, -0.2) is 44.4 Å². The molecule has 0 saturated carbocycles. The van der Waals surface area contributed by atoms with Crippen molar-refractivity contribution in [3.8, 4) is 0 Å². The second-order valence-electron chi connectivity index (χ2n) is 4.81. The van der Waals surface area contributed by atoms with Crippen LogP contribution in [0, 0.1) is 0 Å². The van der Waals surface area contributed by atoms with Crippen LogP contribution in [0.4, 0.5) is 0 Å². The Hall–Kier alpha value is -1.67. The molecule has 1 atom stereocenters. The molecule has 0 aromatic carbocycles. The molecule has 106 valence electrons. The molecular formula is C12H13BrN4O3. The van der Waals surface area contributed by atoms with E-state index < -0.39 is 5.60 Å². The van der Waals surface area contributed by atoms with E-state index in [1.54, 1.807) is 11.0 Å². The summed E-state index contributed by atoms with van der Waals surface area (Å²) in [6, 6.07) is 1.67. The Labute approximate surface area is 123 Å². The minimum Gasteiger partial charge on any atom is -0.458 e. The van der Waals surface area contributed by atoms with E-state index >= 15 is 0 Å². The molecule has 20 heavy (non-hydrogen) atoms. The standard InChI is InChI=1S/C12H13BrN4O3/c13-8-2-5-20-10(8)11(18)17-4-1-3-12(19,7-17)9-6-14-16-15-9/h2,5-6,19H,1,3-4,7H2,(H,14,15,16). The quantitative estimate of drug-likeness (QED) is 0.858. The minimum absolute atomic E-state index is 0.172. The highest BCUT2D eigenvalue weighted by molar-refractivity contribution is 9.10. The van der Waals surface area contributed by atoms with Crippen LogP contribution in [0.5, 0.6) is 0 Å². The Morgan fingerprint density at radius 3 is 3.10 bits per heavy atom. The summed E-state index contributed by atoms with van der Waals surface area (Å²) >= 11 is 3.27. The van der Waals surface area contributed by atoms with Gasteiger partial charge < -0.3 is 14.4 Å². The Morgan fingerprint density at radius 1 is 1.60 bits per heavy atom. The lowest BCUT2D eigenvalue weighted by atomic mass is 9.90. The number of aromatic nitrogens is 3. The summed E-state index contributed by atoms with van der Waals surface area (Å²) in [5.41, 5.74) is -0.714. The molecule has 1 amide bonds. The van der Waals surface area contributed by atoms with E-state index in [2.05, 4.69) is 31.3 Å². The van der Waals surface area contributed by atoms with Gasteiger partial charge in [0.1, 0.15) is 11.3 Å². The molecule has 3 heterocycles. The van der Waals surface area contributed by atoms with Crippen molar-refractivity contribution in [1.29, 1.82) is 0 Å². The fourth-order valence-corrected chi connectivity index (χ4v) is 2.81. The van der Waals surface area contributed by atoms with Crippen LogP contribution in [0.25, 0.3) is 0 Å². The summed E-state index contributed by atoms with van der Waals surface area (Å²) in [7, 11) is 0. The number of β-amino-alcohol motifs (C(OH)–C–C–N with tert-alkyl or cyclic N) is 1. The number of carbonyl (C=O) groups excluding carboxylic acids is 1. The van der Waals surface area contributed by atoms with Gasteiger partial charge >= 0.3 is 0 Å². The average molecular weight is 341 g/mol. The number of likely N-dealkylation sites (tertiary alicyclic amines) is 1. The third kappa shape index (κ3) is 2.25. The van der Waals surface area contributed by atoms with Crippen LogP contribution in [0.2, 0.25) is 0 Å². The zero-order chi connectivity index (χ0) is 14.2. The number of aliphatic hydroxyl groups is 1. The van der Waals surface area contributed by atoms with E-state index in [9.17, 15) is 9.90 Å².